The van der Waals surface area contributed by atoms with Crippen LogP contribution in [0.3, 0.4) is 0 Å². The summed E-state index contributed by atoms with van der Waals surface area (Å²) in [6, 6.07) is 0. The van der Waals surface area contributed by atoms with Gasteiger partial charge in [-0.15, -0.1) is 0 Å². The molecule has 0 radical (unpaired) electrons. The number of carboxylic acids is 1. The van der Waals surface area contributed by atoms with Crippen molar-refractivity contribution in [1.82, 2.24) is 0 Å². The van der Waals surface area contributed by atoms with Gasteiger partial charge in [0, 0.05) is 5.75 Å². The molecule has 0 bridgehead atoms. The molecule has 0 atom stereocenters. The van der Waals surface area contributed by atoms with E-state index >= 15 is 0 Å². The van der Waals surface area contributed by atoms with Crippen molar-refractivity contribution >= 4 is 18.6 Å². The molecule has 0 spiro atoms. The smallest absolute Gasteiger partial charge is 0.305 e. The molecule has 42 heavy (non-hydrogen) atoms. The van der Waals surface area contributed by atoms with Crippen LogP contribution in [-0.2, 0) is 61.6 Å². The van der Waals surface area contributed by atoms with E-state index in [2.05, 4.69) is 12.6 Å². The Kier molecular flexibility index (Phi) is 37.8. The number of hydrogen-bond donors (Lipinski definition) is 2. The van der Waals surface area contributed by atoms with E-state index in [9.17, 15) is 4.79 Å². The van der Waals surface area contributed by atoms with E-state index in [0.29, 0.717) is 158 Å². The summed E-state index contributed by atoms with van der Waals surface area (Å²) >= 11 is 4.06. The summed E-state index contributed by atoms with van der Waals surface area (Å²) < 4.78 is 64.5. The number of hydrogen-bond acceptors (Lipinski definition) is 14. The van der Waals surface area contributed by atoms with Crippen LogP contribution in [0.2, 0.25) is 0 Å². The molecule has 14 nitrogen and oxygen atoms in total. The molecule has 0 fully saturated rings. The quantitative estimate of drug-likeness (QED) is 0.0721. The number of thiol groups is 1. The lowest BCUT2D eigenvalue weighted by molar-refractivity contribution is -0.138. The Morgan fingerprint density at radius 2 is 0.500 bits per heavy atom. The van der Waals surface area contributed by atoms with Crippen LogP contribution in [0.15, 0.2) is 0 Å². The van der Waals surface area contributed by atoms with Crippen molar-refractivity contribution in [1.29, 1.82) is 0 Å². The van der Waals surface area contributed by atoms with Gasteiger partial charge >= 0.3 is 5.97 Å². The topological polar surface area (TPSA) is 148 Å². The zero-order valence-corrected chi connectivity index (χ0v) is 26.0. The standard InChI is InChI=1S/C27H54O14S/c28-27(29)1-2-30-3-4-31-5-6-32-7-8-33-9-10-34-11-12-35-13-14-36-15-16-37-17-18-38-19-20-39-21-22-40-23-24-41-25-26-42/h42H,1-26H2,(H,28,29). The minimum atomic E-state index is -0.874. The summed E-state index contributed by atoms with van der Waals surface area (Å²) in [6.07, 6.45) is -0.00168. The summed E-state index contributed by atoms with van der Waals surface area (Å²) in [6.45, 7) is 11.7. The molecule has 15 heteroatoms. The summed E-state index contributed by atoms with van der Waals surface area (Å²) in [5, 5.41) is 8.48. The number of carboxylic acid groups (broad SMARTS) is 1. The molecule has 0 heterocycles. The number of aliphatic carboxylic acids is 1. The summed E-state index contributed by atoms with van der Waals surface area (Å²) in [4.78, 5) is 10.3. The van der Waals surface area contributed by atoms with Gasteiger partial charge in [-0.2, -0.15) is 12.6 Å². The molecule has 0 amide bonds. The highest BCUT2D eigenvalue weighted by atomic mass is 32.1. The molecular formula is C27H54O14S. The van der Waals surface area contributed by atoms with Gasteiger partial charge in [-0.3, -0.25) is 4.79 Å². The van der Waals surface area contributed by atoms with Crippen LogP contribution in [-0.4, -0.2) is 175 Å². The molecule has 1 N–H and O–H groups in total. The van der Waals surface area contributed by atoms with E-state index in [0.717, 1.165) is 0 Å². The lowest BCUT2D eigenvalue weighted by Gasteiger charge is -2.09. The lowest BCUT2D eigenvalue weighted by Crippen LogP contribution is -2.15. The fraction of sp³-hybridized carbons (Fsp3) is 0.963. The first-order valence-corrected chi connectivity index (χ1v) is 15.2. The predicted molar refractivity (Wildman–Crippen MR) is 156 cm³/mol. The second-order valence-electron chi connectivity index (χ2n) is 8.22. The van der Waals surface area contributed by atoms with Crippen LogP contribution in [0.4, 0.5) is 0 Å². The van der Waals surface area contributed by atoms with Gasteiger partial charge in [-0.25, -0.2) is 0 Å². The van der Waals surface area contributed by atoms with Crippen molar-refractivity contribution in [2.75, 3.05) is 164 Å². The van der Waals surface area contributed by atoms with Crippen molar-refractivity contribution < 1.29 is 66.7 Å². The van der Waals surface area contributed by atoms with Crippen molar-refractivity contribution in [3.05, 3.63) is 0 Å². The van der Waals surface area contributed by atoms with Crippen molar-refractivity contribution in [2.45, 2.75) is 6.42 Å². The van der Waals surface area contributed by atoms with Gasteiger partial charge in [-0.05, 0) is 0 Å². The molecule has 0 aromatic carbocycles. The Labute approximate surface area is 256 Å². The van der Waals surface area contributed by atoms with E-state index < -0.39 is 5.97 Å². The normalized spacial score (nSPS) is 11.5. The highest BCUT2D eigenvalue weighted by molar-refractivity contribution is 7.80. The maximum atomic E-state index is 10.3. The van der Waals surface area contributed by atoms with Crippen LogP contribution >= 0.6 is 12.6 Å². The molecule has 0 rings (SSSR count). The third-order valence-corrected chi connectivity index (χ3v) is 4.97. The summed E-state index contributed by atoms with van der Waals surface area (Å²) in [5.41, 5.74) is 0. The van der Waals surface area contributed by atoms with Gasteiger partial charge in [-0.1, -0.05) is 0 Å². The molecule has 0 saturated carbocycles. The molecule has 0 aliphatic heterocycles. The first-order valence-electron chi connectivity index (χ1n) is 14.5. The zero-order chi connectivity index (χ0) is 30.4. The first-order chi connectivity index (χ1) is 20.8. The minimum Gasteiger partial charge on any atom is -0.481 e. The lowest BCUT2D eigenvalue weighted by atomic mass is 10.5. The summed E-state index contributed by atoms with van der Waals surface area (Å²) in [7, 11) is 0. The maximum Gasteiger partial charge on any atom is 0.305 e. The van der Waals surface area contributed by atoms with Crippen molar-refractivity contribution in [2.24, 2.45) is 0 Å². The Morgan fingerprint density at radius 3 is 0.667 bits per heavy atom. The minimum absolute atomic E-state index is 0.00168. The third kappa shape index (κ3) is 39.3. The Balaban J connectivity index is 3.03. The third-order valence-electron chi connectivity index (χ3n) is 4.79. The molecular weight excluding hydrogens is 580 g/mol. The average Bonchev–Trinajstić information content (AvgIpc) is 2.98. The molecule has 0 aromatic rings. The second-order valence-corrected chi connectivity index (χ2v) is 8.66. The number of ether oxygens (including phenoxy) is 12. The average molecular weight is 635 g/mol. The van der Waals surface area contributed by atoms with Crippen LogP contribution in [0.25, 0.3) is 0 Å². The molecule has 0 saturated heterocycles. The molecule has 0 aliphatic carbocycles. The van der Waals surface area contributed by atoms with Gasteiger partial charge in [0.25, 0.3) is 0 Å². The van der Waals surface area contributed by atoms with E-state index in [4.69, 9.17) is 61.9 Å². The Morgan fingerprint density at radius 1 is 0.333 bits per heavy atom. The van der Waals surface area contributed by atoms with E-state index in [-0.39, 0.29) is 13.0 Å². The van der Waals surface area contributed by atoms with Crippen molar-refractivity contribution in [3.63, 3.8) is 0 Å². The van der Waals surface area contributed by atoms with Gasteiger partial charge in [0.2, 0.25) is 0 Å². The van der Waals surface area contributed by atoms with Gasteiger partial charge < -0.3 is 61.9 Å². The maximum absolute atomic E-state index is 10.3. The van der Waals surface area contributed by atoms with Crippen LogP contribution < -0.4 is 0 Å². The van der Waals surface area contributed by atoms with Crippen LogP contribution in [0.1, 0.15) is 6.42 Å². The zero-order valence-electron chi connectivity index (χ0n) is 25.1. The number of carbonyl (C=O) groups is 1. The van der Waals surface area contributed by atoms with Gasteiger partial charge in [0.05, 0.1) is 165 Å². The van der Waals surface area contributed by atoms with E-state index in [1.807, 2.05) is 0 Å². The van der Waals surface area contributed by atoms with Crippen LogP contribution in [0.5, 0.6) is 0 Å². The highest BCUT2D eigenvalue weighted by Gasteiger charge is 1.98. The molecule has 0 unspecified atom stereocenters. The molecule has 252 valence electrons. The molecule has 0 aromatic heterocycles. The highest BCUT2D eigenvalue weighted by Crippen LogP contribution is 1.88. The predicted octanol–water partition coefficient (Wildman–Crippen LogP) is 0.590. The van der Waals surface area contributed by atoms with E-state index in [1.165, 1.54) is 0 Å². The van der Waals surface area contributed by atoms with Crippen molar-refractivity contribution in [3.8, 4) is 0 Å². The fourth-order valence-corrected chi connectivity index (χ4v) is 2.87. The van der Waals surface area contributed by atoms with Gasteiger partial charge in [0.15, 0.2) is 0 Å². The SMILES string of the molecule is O=C(O)CCOCCOCCOCCOCCOCCOCCOCCOCCOCCOCCOCCOCCS. The number of rotatable bonds is 38. The second kappa shape index (κ2) is 38.4. The molecule has 0 aliphatic rings. The fourth-order valence-electron chi connectivity index (χ4n) is 2.75. The summed E-state index contributed by atoms with van der Waals surface area (Å²) in [5.74, 6) is -0.159. The largest absolute Gasteiger partial charge is 0.481 e. The Bertz CT molecular complexity index is 521. The van der Waals surface area contributed by atoms with E-state index in [1.54, 1.807) is 0 Å². The first kappa shape index (κ1) is 41.3. The van der Waals surface area contributed by atoms with Gasteiger partial charge in [0.1, 0.15) is 0 Å². The Hall–Kier alpha value is -0.660. The monoisotopic (exact) mass is 634 g/mol. The van der Waals surface area contributed by atoms with Crippen LogP contribution in [0, 0.1) is 0 Å².